The molecule has 1 amide bonds. The number of carbonyl (C=O) groups is 2. The van der Waals surface area contributed by atoms with Crippen molar-refractivity contribution in [1.82, 2.24) is 4.98 Å². The third-order valence-electron chi connectivity index (χ3n) is 3.84. The zero-order chi connectivity index (χ0) is 22.6. The van der Waals surface area contributed by atoms with Gasteiger partial charge in [0.15, 0.2) is 0 Å². The summed E-state index contributed by atoms with van der Waals surface area (Å²) in [6.45, 7) is 2.47. The quantitative estimate of drug-likeness (QED) is 0.461. The number of carbonyl (C=O) groups excluding carboxylic acids is 1. The number of nitrogens with one attached hydrogen (secondary N) is 2. The minimum absolute atomic E-state index is 0.178. The Hall–Kier alpha value is -4.14. The molecule has 1 heterocycles. The average molecular weight is 426 g/mol. The van der Waals surface area contributed by atoms with Crippen molar-refractivity contribution in [1.29, 1.82) is 0 Å². The van der Waals surface area contributed by atoms with Crippen LogP contribution in [0.25, 0.3) is 0 Å². The van der Waals surface area contributed by atoms with Crippen molar-refractivity contribution >= 4 is 29.4 Å². The van der Waals surface area contributed by atoms with Crippen LogP contribution in [0.5, 0.6) is 0 Å². The number of carboxylic acids is 1. The molecule has 0 radical (unpaired) electrons. The maximum Gasteiger partial charge on any atom is 0.411 e. The number of aromatic nitrogens is 1. The van der Waals surface area contributed by atoms with Crippen LogP contribution < -0.4 is 16.4 Å². The summed E-state index contributed by atoms with van der Waals surface area (Å²) in [4.78, 5) is 25.7. The predicted octanol–water partition coefficient (Wildman–Crippen LogP) is 4.37. The van der Waals surface area contributed by atoms with Gasteiger partial charge in [0.05, 0.1) is 17.9 Å². The number of nitrogens with two attached hydrogens (primary N) is 1. The number of halogens is 1. The van der Waals surface area contributed by atoms with Gasteiger partial charge in [-0.15, -0.1) is 0 Å². The molecule has 2 aromatic carbocycles. The fraction of sp³-hybridized carbons (Fsp3) is 0.136. The van der Waals surface area contributed by atoms with Crippen molar-refractivity contribution in [3.63, 3.8) is 0 Å². The molecule has 0 unspecified atom stereocenters. The molecule has 3 aromatic rings. The zero-order valence-corrected chi connectivity index (χ0v) is 16.8. The minimum atomic E-state index is -0.879. The lowest BCUT2D eigenvalue weighted by Gasteiger charge is -2.10. The molecule has 0 saturated carbocycles. The van der Waals surface area contributed by atoms with Gasteiger partial charge >= 0.3 is 12.1 Å². The van der Waals surface area contributed by atoms with E-state index in [1.807, 2.05) is 0 Å². The number of rotatable bonds is 6. The number of anilines is 3. The molecule has 31 heavy (non-hydrogen) atoms. The van der Waals surface area contributed by atoms with Crippen LogP contribution in [0.1, 0.15) is 22.8 Å². The predicted molar refractivity (Wildman–Crippen MR) is 116 cm³/mol. The van der Waals surface area contributed by atoms with Gasteiger partial charge in [-0.2, -0.15) is 0 Å². The van der Waals surface area contributed by atoms with Crippen LogP contribution >= 0.6 is 0 Å². The maximum absolute atomic E-state index is 12.8. The Bertz CT molecular complexity index is 998. The Balaban J connectivity index is 0.000000316. The van der Waals surface area contributed by atoms with E-state index in [1.54, 1.807) is 61.5 Å². The van der Waals surface area contributed by atoms with Crippen LogP contribution in [0.3, 0.4) is 0 Å². The topological polar surface area (TPSA) is 127 Å². The van der Waals surface area contributed by atoms with Crippen LogP contribution in [0.4, 0.5) is 26.5 Å². The summed E-state index contributed by atoms with van der Waals surface area (Å²) in [7, 11) is 0. The number of hydrogen-bond donors (Lipinski definition) is 4. The molecule has 0 spiro atoms. The van der Waals surface area contributed by atoms with Gasteiger partial charge in [0.2, 0.25) is 0 Å². The first kappa shape index (κ1) is 23.1. The van der Waals surface area contributed by atoms with Crippen molar-refractivity contribution in [3.05, 3.63) is 83.7 Å². The highest BCUT2D eigenvalue weighted by molar-refractivity contribution is 5.88. The molecule has 3 rings (SSSR count). The minimum Gasteiger partial charge on any atom is -0.478 e. The first-order valence-electron chi connectivity index (χ1n) is 9.36. The number of ether oxygens (including phenoxy) is 1. The number of benzene rings is 2. The lowest BCUT2D eigenvalue weighted by atomic mass is 10.2. The molecular weight excluding hydrogens is 403 g/mol. The SMILES string of the molecule is CCOC(=O)Nc1ccc(NCc2ccc(F)cc2)nc1N.O=C(O)c1ccccc1. The smallest absolute Gasteiger partial charge is 0.411 e. The molecule has 0 aliphatic heterocycles. The van der Waals surface area contributed by atoms with E-state index >= 15 is 0 Å². The first-order chi connectivity index (χ1) is 14.9. The molecule has 8 nitrogen and oxygen atoms in total. The van der Waals surface area contributed by atoms with E-state index in [0.717, 1.165) is 5.56 Å². The van der Waals surface area contributed by atoms with Gasteiger partial charge in [0.1, 0.15) is 17.5 Å². The Morgan fingerprint density at radius 1 is 1.06 bits per heavy atom. The van der Waals surface area contributed by atoms with Crippen molar-refractivity contribution < 1.29 is 23.8 Å². The number of nitrogens with zero attached hydrogens (tertiary/aromatic N) is 1. The van der Waals surface area contributed by atoms with E-state index in [4.69, 9.17) is 15.6 Å². The highest BCUT2D eigenvalue weighted by atomic mass is 19.1. The monoisotopic (exact) mass is 426 g/mol. The van der Waals surface area contributed by atoms with Crippen LogP contribution in [-0.4, -0.2) is 28.8 Å². The van der Waals surface area contributed by atoms with E-state index in [0.29, 0.717) is 23.6 Å². The van der Waals surface area contributed by atoms with Crippen LogP contribution in [0, 0.1) is 5.82 Å². The second kappa shape index (κ2) is 11.8. The van der Waals surface area contributed by atoms with E-state index in [-0.39, 0.29) is 18.2 Å². The summed E-state index contributed by atoms with van der Waals surface area (Å²) in [5.74, 6) is -0.426. The highest BCUT2D eigenvalue weighted by Crippen LogP contribution is 2.19. The molecule has 0 atom stereocenters. The second-order valence-corrected chi connectivity index (χ2v) is 6.13. The standard InChI is InChI=1S/C15H17FN4O2.C7H6O2/c1-2-22-15(21)19-12-7-8-13(20-14(12)17)18-9-10-3-5-11(16)6-4-10;8-7(9)6-4-2-1-3-5-6/h3-8H,2,9H2,1H3,(H,19,21)(H3,17,18,20);1-5H,(H,8,9). The van der Waals surface area contributed by atoms with Gasteiger partial charge in [0, 0.05) is 6.54 Å². The van der Waals surface area contributed by atoms with Crippen LogP contribution in [0.15, 0.2) is 66.7 Å². The van der Waals surface area contributed by atoms with Crippen molar-refractivity contribution in [2.75, 3.05) is 23.0 Å². The summed E-state index contributed by atoms with van der Waals surface area (Å²) in [5, 5.41) is 14.0. The number of nitrogen functional groups attached to an aromatic ring is 1. The van der Waals surface area contributed by atoms with Gasteiger partial charge in [-0.25, -0.2) is 19.0 Å². The molecule has 1 aromatic heterocycles. The fourth-order valence-electron chi connectivity index (χ4n) is 2.33. The van der Waals surface area contributed by atoms with Crippen molar-refractivity contribution in [3.8, 4) is 0 Å². The molecule has 0 saturated heterocycles. The van der Waals surface area contributed by atoms with E-state index in [1.165, 1.54) is 12.1 Å². The molecule has 9 heteroatoms. The van der Waals surface area contributed by atoms with Crippen LogP contribution in [-0.2, 0) is 11.3 Å². The Morgan fingerprint density at radius 2 is 1.74 bits per heavy atom. The molecule has 5 N–H and O–H groups in total. The Labute approximate surface area is 178 Å². The molecule has 162 valence electrons. The summed E-state index contributed by atoms with van der Waals surface area (Å²) in [6.07, 6.45) is -0.581. The molecule has 0 fully saturated rings. The van der Waals surface area contributed by atoms with Gasteiger partial charge < -0.3 is 20.9 Å². The lowest BCUT2D eigenvalue weighted by Crippen LogP contribution is -2.15. The van der Waals surface area contributed by atoms with E-state index in [2.05, 4.69) is 15.6 Å². The maximum atomic E-state index is 12.8. The third-order valence-corrected chi connectivity index (χ3v) is 3.84. The largest absolute Gasteiger partial charge is 0.478 e. The number of amides is 1. The van der Waals surface area contributed by atoms with Crippen LogP contribution in [0.2, 0.25) is 0 Å². The Kier molecular flexibility index (Phi) is 8.78. The summed E-state index contributed by atoms with van der Waals surface area (Å²) in [6, 6.07) is 17.8. The zero-order valence-electron chi connectivity index (χ0n) is 16.8. The van der Waals surface area contributed by atoms with Gasteiger partial charge in [-0.05, 0) is 48.9 Å². The molecule has 0 aliphatic carbocycles. The number of aromatic carboxylic acids is 1. The summed E-state index contributed by atoms with van der Waals surface area (Å²) in [5.41, 5.74) is 7.41. The van der Waals surface area contributed by atoms with E-state index in [9.17, 15) is 14.0 Å². The summed E-state index contributed by atoms with van der Waals surface area (Å²) >= 11 is 0. The first-order valence-corrected chi connectivity index (χ1v) is 9.36. The summed E-state index contributed by atoms with van der Waals surface area (Å²) < 4.78 is 17.6. The van der Waals surface area contributed by atoms with Crippen molar-refractivity contribution in [2.45, 2.75) is 13.5 Å². The van der Waals surface area contributed by atoms with E-state index < -0.39 is 12.1 Å². The highest BCUT2D eigenvalue weighted by Gasteiger charge is 2.07. The average Bonchev–Trinajstić information content (AvgIpc) is 2.76. The normalized spacial score (nSPS) is 9.74. The van der Waals surface area contributed by atoms with Gasteiger partial charge in [0.25, 0.3) is 0 Å². The van der Waals surface area contributed by atoms with Gasteiger partial charge in [-0.3, -0.25) is 5.32 Å². The number of hydrogen-bond acceptors (Lipinski definition) is 6. The molecular formula is C22H23FN4O4. The van der Waals surface area contributed by atoms with Crippen molar-refractivity contribution in [2.24, 2.45) is 0 Å². The third kappa shape index (κ3) is 8.01. The fourth-order valence-corrected chi connectivity index (χ4v) is 2.33. The molecule has 0 bridgehead atoms. The second-order valence-electron chi connectivity index (χ2n) is 6.13. The lowest BCUT2D eigenvalue weighted by molar-refractivity contribution is 0.0697. The Morgan fingerprint density at radius 3 is 2.29 bits per heavy atom. The number of pyridine rings is 1. The molecule has 0 aliphatic rings. The number of carboxylic acid groups (broad SMARTS) is 1. The van der Waals surface area contributed by atoms with Gasteiger partial charge in [-0.1, -0.05) is 30.3 Å².